The third-order valence-corrected chi connectivity index (χ3v) is 3.80. The molecule has 21 heavy (non-hydrogen) atoms. The van der Waals surface area contributed by atoms with E-state index in [4.69, 9.17) is 27.9 Å². The highest BCUT2D eigenvalue weighted by Gasteiger charge is 2.13. The van der Waals surface area contributed by atoms with E-state index < -0.39 is 0 Å². The number of aromatic nitrogens is 1. The van der Waals surface area contributed by atoms with E-state index >= 15 is 0 Å². The molecule has 1 heterocycles. The molecule has 0 bridgehead atoms. The van der Waals surface area contributed by atoms with Gasteiger partial charge in [-0.25, -0.2) is 4.98 Å². The third-order valence-electron chi connectivity index (χ3n) is 3.20. The zero-order valence-electron chi connectivity index (χ0n) is 11.4. The van der Waals surface area contributed by atoms with Crippen molar-refractivity contribution in [1.82, 2.24) is 4.98 Å². The summed E-state index contributed by atoms with van der Waals surface area (Å²) < 4.78 is 5.89. The second-order valence-corrected chi connectivity index (χ2v) is 5.61. The topological polar surface area (TPSA) is 22.1 Å². The Bertz CT molecular complexity index is 788. The predicted molar refractivity (Wildman–Crippen MR) is 87.3 cm³/mol. The van der Waals surface area contributed by atoms with E-state index in [-0.39, 0.29) is 0 Å². The lowest BCUT2D eigenvalue weighted by molar-refractivity contribution is 0.309. The highest BCUT2D eigenvalue weighted by Crippen LogP contribution is 2.37. The summed E-state index contributed by atoms with van der Waals surface area (Å²) >= 11 is 12.5. The number of ether oxygens (including phenoxy) is 1. The van der Waals surface area contributed by atoms with Gasteiger partial charge in [0.25, 0.3) is 0 Å². The standard InChI is InChI=1S/C17H13Cl2NO/c1-11-7-8-13-14(18)9-15(19)17(16(13)20-11)21-10-12-5-3-2-4-6-12/h2-9H,10H2,1H3. The number of hydrogen-bond donors (Lipinski definition) is 0. The van der Waals surface area contributed by atoms with Gasteiger partial charge in [0.1, 0.15) is 12.1 Å². The first-order chi connectivity index (χ1) is 10.1. The number of aryl methyl sites for hydroxylation is 1. The minimum Gasteiger partial charge on any atom is -0.485 e. The minimum absolute atomic E-state index is 0.437. The maximum Gasteiger partial charge on any atom is 0.164 e. The Morgan fingerprint density at radius 2 is 1.76 bits per heavy atom. The first-order valence-corrected chi connectivity index (χ1v) is 7.33. The SMILES string of the molecule is Cc1ccc2c(Cl)cc(Cl)c(OCc3ccccc3)c2n1. The average Bonchev–Trinajstić information content (AvgIpc) is 2.47. The van der Waals surface area contributed by atoms with Crippen molar-refractivity contribution >= 4 is 34.1 Å². The molecule has 0 aliphatic carbocycles. The Labute approximate surface area is 133 Å². The molecule has 0 spiro atoms. The lowest BCUT2D eigenvalue weighted by Gasteiger charge is -2.12. The fraction of sp³-hybridized carbons (Fsp3) is 0.118. The second kappa shape index (κ2) is 5.92. The summed E-state index contributed by atoms with van der Waals surface area (Å²) in [5.74, 6) is 0.573. The monoisotopic (exact) mass is 317 g/mol. The van der Waals surface area contributed by atoms with Crippen LogP contribution in [0.25, 0.3) is 10.9 Å². The Morgan fingerprint density at radius 1 is 1.00 bits per heavy atom. The summed E-state index contributed by atoms with van der Waals surface area (Å²) in [7, 11) is 0. The number of halogens is 2. The highest BCUT2D eigenvalue weighted by molar-refractivity contribution is 6.39. The van der Waals surface area contributed by atoms with Crippen molar-refractivity contribution in [3.63, 3.8) is 0 Å². The van der Waals surface area contributed by atoms with Crippen LogP contribution >= 0.6 is 23.2 Å². The molecule has 0 saturated heterocycles. The minimum atomic E-state index is 0.437. The zero-order valence-corrected chi connectivity index (χ0v) is 12.9. The van der Waals surface area contributed by atoms with Crippen molar-refractivity contribution in [1.29, 1.82) is 0 Å². The maximum atomic E-state index is 6.28. The van der Waals surface area contributed by atoms with E-state index in [1.165, 1.54) is 0 Å². The molecule has 0 amide bonds. The summed E-state index contributed by atoms with van der Waals surface area (Å²) in [6, 6.07) is 15.5. The van der Waals surface area contributed by atoms with Gasteiger partial charge in [0.15, 0.2) is 5.75 Å². The van der Waals surface area contributed by atoms with Gasteiger partial charge in [0.2, 0.25) is 0 Å². The van der Waals surface area contributed by atoms with Crippen LogP contribution in [-0.4, -0.2) is 4.98 Å². The van der Waals surface area contributed by atoms with Crippen molar-refractivity contribution in [3.8, 4) is 5.75 Å². The molecule has 1 aromatic heterocycles. The second-order valence-electron chi connectivity index (χ2n) is 4.79. The van der Waals surface area contributed by atoms with Gasteiger partial charge < -0.3 is 4.74 Å². The highest BCUT2D eigenvalue weighted by atomic mass is 35.5. The van der Waals surface area contributed by atoms with E-state index in [2.05, 4.69) is 4.98 Å². The van der Waals surface area contributed by atoms with Gasteiger partial charge in [-0.3, -0.25) is 0 Å². The van der Waals surface area contributed by atoms with Crippen LogP contribution < -0.4 is 4.74 Å². The van der Waals surface area contributed by atoms with E-state index in [9.17, 15) is 0 Å². The first-order valence-electron chi connectivity index (χ1n) is 6.57. The third kappa shape index (κ3) is 2.97. The molecule has 0 fully saturated rings. The molecule has 3 aromatic rings. The average molecular weight is 318 g/mol. The van der Waals surface area contributed by atoms with Crippen molar-refractivity contribution in [2.75, 3.05) is 0 Å². The number of rotatable bonds is 3. The van der Waals surface area contributed by atoms with Gasteiger partial charge in [0.05, 0.1) is 10.0 Å². The summed E-state index contributed by atoms with van der Waals surface area (Å²) in [6.07, 6.45) is 0. The Morgan fingerprint density at radius 3 is 2.52 bits per heavy atom. The smallest absolute Gasteiger partial charge is 0.164 e. The normalized spacial score (nSPS) is 10.8. The van der Waals surface area contributed by atoms with Crippen LogP contribution in [0.4, 0.5) is 0 Å². The van der Waals surface area contributed by atoms with Crippen molar-refractivity contribution in [2.45, 2.75) is 13.5 Å². The quantitative estimate of drug-likeness (QED) is 0.642. The zero-order chi connectivity index (χ0) is 14.8. The Kier molecular flexibility index (Phi) is 4.00. The van der Waals surface area contributed by atoms with Gasteiger partial charge in [-0.05, 0) is 30.7 Å². The van der Waals surface area contributed by atoms with Crippen LogP contribution in [0.2, 0.25) is 10.0 Å². The van der Waals surface area contributed by atoms with Gasteiger partial charge in [0, 0.05) is 11.1 Å². The summed E-state index contributed by atoms with van der Waals surface area (Å²) in [5, 5.41) is 1.89. The molecule has 0 aliphatic heterocycles. The molecule has 2 aromatic carbocycles. The summed E-state index contributed by atoms with van der Waals surface area (Å²) in [5.41, 5.74) is 2.66. The lowest BCUT2D eigenvalue weighted by atomic mass is 10.2. The van der Waals surface area contributed by atoms with Gasteiger partial charge in [-0.2, -0.15) is 0 Å². The van der Waals surface area contributed by atoms with E-state index in [1.807, 2.05) is 49.4 Å². The molecule has 0 saturated carbocycles. The van der Waals surface area contributed by atoms with Crippen LogP contribution in [0.1, 0.15) is 11.3 Å². The fourth-order valence-electron chi connectivity index (χ4n) is 2.16. The number of hydrogen-bond acceptors (Lipinski definition) is 2. The van der Waals surface area contributed by atoms with Crippen molar-refractivity contribution < 1.29 is 4.74 Å². The van der Waals surface area contributed by atoms with Crippen molar-refractivity contribution in [2.24, 2.45) is 0 Å². The van der Waals surface area contributed by atoms with Crippen molar-refractivity contribution in [3.05, 3.63) is 69.8 Å². The molecule has 4 heteroatoms. The fourth-order valence-corrected chi connectivity index (χ4v) is 2.73. The van der Waals surface area contributed by atoms with Crippen LogP contribution in [0, 0.1) is 6.92 Å². The Balaban J connectivity index is 2.03. The van der Waals surface area contributed by atoms with Gasteiger partial charge >= 0.3 is 0 Å². The molecule has 106 valence electrons. The van der Waals surface area contributed by atoms with E-state index in [0.717, 1.165) is 16.6 Å². The van der Waals surface area contributed by atoms with E-state index in [0.29, 0.717) is 27.9 Å². The molecule has 0 N–H and O–H groups in total. The number of fused-ring (bicyclic) bond motifs is 1. The van der Waals surface area contributed by atoms with Crippen LogP contribution in [-0.2, 0) is 6.61 Å². The molecule has 3 rings (SSSR count). The number of pyridine rings is 1. The largest absolute Gasteiger partial charge is 0.485 e. The first kappa shape index (κ1) is 14.2. The lowest BCUT2D eigenvalue weighted by Crippen LogP contribution is -1.98. The van der Waals surface area contributed by atoms with Gasteiger partial charge in [-0.15, -0.1) is 0 Å². The van der Waals surface area contributed by atoms with E-state index in [1.54, 1.807) is 6.07 Å². The molecular formula is C17H13Cl2NO. The van der Waals surface area contributed by atoms with Gasteiger partial charge in [-0.1, -0.05) is 53.5 Å². The van der Waals surface area contributed by atoms with Crippen LogP contribution in [0.15, 0.2) is 48.5 Å². The molecular weight excluding hydrogens is 305 g/mol. The number of nitrogens with zero attached hydrogens (tertiary/aromatic N) is 1. The number of benzene rings is 2. The van der Waals surface area contributed by atoms with Crippen LogP contribution in [0.5, 0.6) is 5.75 Å². The molecule has 2 nitrogen and oxygen atoms in total. The summed E-state index contributed by atoms with van der Waals surface area (Å²) in [4.78, 5) is 4.52. The summed E-state index contributed by atoms with van der Waals surface area (Å²) in [6.45, 7) is 2.36. The molecule has 0 atom stereocenters. The predicted octanol–water partition coefficient (Wildman–Crippen LogP) is 5.43. The molecule has 0 aliphatic rings. The maximum absolute atomic E-state index is 6.28. The Hall–Kier alpha value is -1.77. The molecule has 0 radical (unpaired) electrons. The molecule has 0 unspecified atom stereocenters. The van der Waals surface area contributed by atoms with Crippen LogP contribution in [0.3, 0.4) is 0 Å².